The van der Waals surface area contributed by atoms with Gasteiger partial charge in [0.05, 0.1) is 18.7 Å². The van der Waals surface area contributed by atoms with E-state index in [1.807, 2.05) is 0 Å². The van der Waals surface area contributed by atoms with E-state index in [2.05, 4.69) is 20.8 Å². The van der Waals surface area contributed by atoms with E-state index in [1.54, 1.807) is 13.0 Å². The van der Waals surface area contributed by atoms with Crippen LogP contribution in [0.5, 0.6) is 0 Å². The fourth-order valence-corrected chi connectivity index (χ4v) is 2.59. The number of halogens is 3. The average molecular weight is 394 g/mol. The Balaban J connectivity index is 1.70. The maximum atomic E-state index is 13.0. The van der Waals surface area contributed by atoms with E-state index in [4.69, 9.17) is 0 Å². The van der Waals surface area contributed by atoms with Gasteiger partial charge in [-0.3, -0.25) is 20.0 Å². The van der Waals surface area contributed by atoms with Gasteiger partial charge >= 0.3 is 6.18 Å². The molecule has 0 spiro atoms. The summed E-state index contributed by atoms with van der Waals surface area (Å²) in [5.41, 5.74) is 2.30. The summed E-state index contributed by atoms with van der Waals surface area (Å²) in [6, 6.07) is 3.56. The van der Waals surface area contributed by atoms with Crippen LogP contribution in [0.3, 0.4) is 0 Å². The van der Waals surface area contributed by atoms with Crippen molar-refractivity contribution in [2.24, 2.45) is 0 Å². The molecule has 1 aliphatic rings. The Morgan fingerprint density at radius 3 is 2.82 bits per heavy atom. The molecule has 0 atom stereocenters. The highest BCUT2D eigenvalue weighted by molar-refractivity contribution is 5.92. The van der Waals surface area contributed by atoms with Crippen LogP contribution in [0.25, 0.3) is 17.6 Å². The van der Waals surface area contributed by atoms with Crippen LogP contribution in [-0.4, -0.2) is 51.2 Å². The Morgan fingerprint density at radius 2 is 2.11 bits per heavy atom. The predicted octanol–water partition coefficient (Wildman–Crippen LogP) is 1.21. The molecule has 28 heavy (non-hydrogen) atoms. The van der Waals surface area contributed by atoms with Crippen molar-refractivity contribution < 1.29 is 22.8 Å². The van der Waals surface area contributed by atoms with Gasteiger partial charge in [0.2, 0.25) is 0 Å². The smallest absolute Gasteiger partial charge is 0.306 e. The summed E-state index contributed by atoms with van der Waals surface area (Å²) in [5, 5.41) is 8.15. The highest BCUT2D eigenvalue weighted by Gasteiger charge is 2.31. The number of hydrazine groups is 1. The highest BCUT2D eigenvalue weighted by atomic mass is 19.4. The normalized spacial score (nSPS) is 15.3. The number of alkyl halides is 3. The molecule has 0 saturated carbocycles. The second kappa shape index (κ2) is 7.80. The highest BCUT2D eigenvalue weighted by Crippen LogP contribution is 2.32. The largest absolute Gasteiger partial charge is 0.416 e. The second-order valence-electron chi connectivity index (χ2n) is 6.15. The number of benzene rings is 1. The zero-order valence-corrected chi connectivity index (χ0v) is 14.8. The first-order valence-corrected chi connectivity index (χ1v) is 8.33. The summed E-state index contributed by atoms with van der Waals surface area (Å²) in [6.45, 7) is 2.61. The van der Waals surface area contributed by atoms with Crippen molar-refractivity contribution in [3.8, 4) is 11.4 Å². The molecule has 0 aliphatic carbocycles. The Bertz CT molecular complexity index is 922. The molecule has 2 heterocycles. The first-order valence-electron chi connectivity index (χ1n) is 8.33. The molecule has 1 aromatic carbocycles. The van der Waals surface area contributed by atoms with E-state index in [0.717, 1.165) is 18.2 Å². The van der Waals surface area contributed by atoms with Gasteiger partial charge in [0, 0.05) is 24.4 Å². The third-order valence-electron chi connectivity index (χ3n) is 3.88. The number of aromatic nitrogens is 3. The predicted molar refractivity (Wildman–Crippen MR) is 93.3 cm³/mol. The van der Waals surface area contributed by atoms with E-state index < -0.39 is 17.6 Å². The lowest BCUT2D eigenvalue weighted by Gasteiger charge is -2.26. The minimum atomic E-state index is -4.47. The molecule has 8 nitrogen and oxygen atoms in total. The van der Waals surface area contributed by atoms with Gasteiger partial charge in [-0.15, -0.1) is 5.10 Å². The third-order valence-corrected chi connectivity index (χ3v) is 3.88. The van der Waals surface area contributed by atoms with Crippen molar-refractivity contribution in [2.45, 2.75) is 13.1 Å². The maximum Gasteiger partial charge on any atom is 0.416 e. The fourth-order valence-electron chi connectivity index (χ4n) is 2.59. The number of nitrogens with one attached hydrogen (secondary N) is 2. The number of carbonyl (C=O) groups excluding carboxylic acids is 2. The van der Waals surface area contributed by atoms with Crippen LogP contribution < -0.4 is 10.7 Å². The Kier molecular flexibility index (Phi) is 5.45. The van der Waals surface area contributed by atoms with Gasteiger partial charge in [-0.1, -0.05) is 0 Å². The molecular formula is C17H17F3N6O2. The molecule has 1 fully saturated rings. The number of hydrogen-bond acceptors (Lipinski definition) is 5. The first-order chi connectivity index (χ1) is 13.2. The Morgan fingerprint density at radius 1 is 1.32 bits per heavy atom. The van der Waals surface area contributed by atoms with Crippen molar-refractivity contribution in [1.82, 2.24) is 30.5 Å². The standard InChI is InChI=1S/C17H17F3N6O2/c1-11-6-12(8-13(7-11)17(18,19)20)16-22-10-25(24-16)4-2-14(27)23-26-5-3-21-9-15(26)28/h2,4,6-8,10,21H,3,5,9H2,1H3,(H,23,27)/b4-2-. The quantitative estimate of drug-likeness (QED) is 0.761. The van der Waals surface area contributed by atoms with Crippen LogP contribution in [0.2, 0.25) is 0 Å². The van der Waals surface area contributed by atoms with E-state index >= 15 is 0 Å². The van der Waals surface area contributed by atoms with E-state index in [9.17, 15) is 22.8 Å². The average Bonchev–Trinajstić information content (AvgIpc) is 3.10. The number of piperazine rings is 1. The Labute approximate surface area is 158 Å². The van der Waals surface area contributed by atoms with Gasteiger partial charge in [0.1, 0.15) is 6.33 Å². The molecule has 1 saturated heterocycles. The second-order valence-corrected chi connectivity index (χ2v) is 6.15. The molecule has 2 aromatic rings. The summed E-state index contributed by atoms with van der Waals surface area (Å²) in [5.74, 6) is -0.699. The molecule has 2 amide bonds. The lowest BCUT2D eigenvalue weighted by molar-refractivity contribution is -0.140. The van der Waals surface area contributed by atoms with E-state index in [0.29, 0.717) is 18.7 Å². The number of rotatable bonds is 4. The van der Waals surface area contributed by atoms with Gasteiger partial charge in [0.25, 0.3) is 11.8 Å². The van der Waals surface area contributed by atoms with Crippen molar-refractivity contribution in [3.05, 3.63) is 41.7 Å². The molecule has 0 radical (unpaired) electrons. The van der Waals surface area contributed by atoms with Crippen LogP contribution in [0.1, 0.15) is 11.1 Å². The van der Waals surface area contributed by atoms with E-state index in [1.165, 1.54) is 22.2 Å². The third kappa shape index (κ3) is 4.74. The summed E-state index contributed by atoms with van der Waals surface area (Å²) in [7, 11) is 0. The zero-order chi connectivity index (χ0) is 20.3. The summed E-state index contributed by atoms with van der Waals surface area (Å²) >= 11 is 0. The topological polar surface area (TPSA) is 92.2 Å². The number of carbonyl (C=O) groups is 2. The number of hydrogen-bond donors (Lipinski definition) is 2. The van der Waals surface area contributed by atoms with Gasteiger partial charge in [-0.25, -0.2) is 9.67 Å². The van der Waals surface area contributed by atoms with Crippen LogP contribution in [0.15, 0.2) is 30.6 Å². The van der Waals surface area contributed by atoms with Crippen LogP contribution in [0.4, 0.5) is 13.2 Å². The molecule has 1 aliphatic heterocycles. The Hall–Kier alpha value is -3.21. The summed E-state index contributed by atoms with van der Waals surface area (Å²) < 4.78 is 40.1. The lowest BCUT2D eigenvalue weighted by Crippen LogP contribution is -2.55. The molecule has 1 aromatic heterocycles. The van der Waals surface area contributed by atoms with Gasteiger partial charge in [0.15, 0.2) is 5.82 Å². The first kappa shape index (κ1) is 19.5. The SMILES string of the molecule is Cc1cc(-c2ncn(/C=C\C(=O)NN3CCNCC3=O)n2)cc(C(F)(F)F)c1. The van der Waals surface area contributed by atoms with Crippen molar-refractivity contribution >= 4 is 18.0 Å². The molecule has 148 valence electrons. The van der Waals surface area contributed by atoms with Crippen LogP contribution in [0, 0.1) is 6.92 Å². The van der Waals surface area contributed by atoms with Gasteiger partial charge in [-0.2, -0.15) is 13.2 Å². The zero-order valence-electron chi connectivity index (χ0n) is 14.8. The lowest BCUT2D eigenvalue weighted by atomic mass is 10.1. The maximum absolute atomic E-state index is 13.0. The van der Waals surface area contributed by atoms with E-state index in [-0.39, 0.29) is 23.8 Å². The number of amides is 2. The van der Waals surface area contributed by atoms with Crippen molar-refractivity contribution in [3.63, 3.8) is 0 Å². The van der Waals surface area contributed by atoms with Crippen LogP contribution in [-0.2, 0) is 15.8 Å². The number of nitrogens with zero attached hydrogens (tertiary/aromatic N) is 4. The van der Waals surface area contributed by atoms with Crippen LogP contribution >= 0.6 is 0 Å². The molecule has 3 rings (SSSR count). The minimum Gasteiger partial charge on any atom is -0.306 e. The van der Waals surface area contributed by atoms with Crippen molar-refractivity contribution in [1.29, 1.82) is 0 Å². The molecule has 0 unspecified atom stereocenters. The van der Waals surface area contributed by atoms with Crippen molar-refractivity contribution in [2.75, 3.05) is 19.6 Å². The van der Waals surface area contributed by atoms with Gasteiger partial charge < -0.3 is 5.32 Å². The minimum absolute atomic E-state index is 0.0940. The molecule has 2 N–H and O–H groups in total. The monoisotopic (exact) mass is 394 g/mol. The molecule has 0 bridgehead atoms. The van der Waals surface area contributed by atoms with Gasteiger partial charge in [-0.05, 0) is 30.7 Å². The molecule has 11 heteroatoms. The summed E-state index contributed by atoms with van der Waals surface area (Å²) in [6.07, 6.45) is -0.766. The summed E-state index contributed by atoms with van der Waals surface area (Å²) in [4.78, 5) is 27.5. The molecular weight excluding hydrogens is 377 g/mol. The fraction of sp³-hybridized carbons (Fsp3) is 0.294. The number of aryl methyl sites for hydroxylation is 1.